The van der Waals surface area contributed by atoms with E-state index in [1.165, 1.54) is 0 Å². The predicted octanol–water partition coefficient (Wildman–Crippen LogP) is 5.36. The van der Waals surface area contributed by atoms with Gasteiger partial charge in [-0.25, -0.2) is 4.79 Å². The molecule has 1 spiro atoms. The molecular weight excluding hydrogens is 532 g/mol. The average Bonchev–Trinajstić information content (AvgIpc) is 3.22. The lowest BCUT2D eigenvalue weighted by Gasteiger charge is -2.45. The summed E-state index contributed by atoms with van der Waals surface area (Å²) in [5, 5.41) is 9.27. The summed E-state index contributed by atoms with van der Waals surface area (Å²) in [6, 6.07) is 6.26. The third kappa shape index (κ3) is 6.72. The quantitative estimate of drug-likeness (QED) is 0.485. The van der Waals surface area contributed by atoms with Crippen LogP contribution in [0.1, 0.15) is 49.7 Å². The average molecular weight is 566 g/mol. The Kier molecular flexibility index (Phi) is 8.30. The van der Waals surface area contributed by atoms with E-state index in [1.54, 1.807) is 0 Å². The van der Waals surface area contributed by atoms with Crippen LogP contribution in [0, 0.1) is 12.8 Å². The molecule has 1 aromatic rings. The summed E-state index contributed by atoms with van der Waals surface area (Å²) in [6.07, 6.45) is -13.5. The molecule has 3 aliphatic rings. The minimum atomic E-state index is -5.74. The molecule has 0 aliphatic carbocycles. The van der Waals surface area contributed by atoms with E-state index in [2.05, 4.69) is 32.7 Å². The van der Waals surface area contributed by atoms with Gasteiger partial charge in [-0.2, -0.15) is 26.3 Å². The Bertz CT molecular complexity index is 1030. The Morgan fingerprint density at radius 1 is 0.974 bits per heavy atom. The zero-order chi connectivity index (χ0) is 28.6. The van der Waals surface area contributed by atoms with E-state index in [1.807, 2.05) is 6.92 Å². The fourth-order valence-electron chi connectivity index (χ4n) is 6.13. The van der Waals surface area contributed by atoms with Crippen LogP contribution in [0.25, 0.3) is 0 Å². The Morgan fingerprint density at radius 2 is 1.59 bits per heavy atom. The van der Waals surface area contributed by atoms with Gasteiger partial charge in [0.05, 0.1) is 5.92 Å². The molecule has 0 saturated carbocycles. The lowest BCUT2D eigenvalue weighted by Crippen LogP contribution is -2.54. The Balaban J connectivity index is 1.39. The van der Waals surface area contributed by atoms with Crippen molar-refractivity contribution in [1.82, 2.24) is 9.80 Å². The first-order valence-electron chi connectivity index (χ1n) is 13.1. The van der Waals surface area contributed by atoms with Gasteiger partial charge < -0.3 is 19.6 Å². The highest BCUT2D eigenvalue weighted by Gasteiger charge is 2.60. The van der Waals surface area contributed by atoms with Gasteiger partial charge in [0.15, 0.2) is 0 Å². The first kappa shape index (κ1) is 29.3. The van der Waals surface area contributed by atoms with E-state index < -0.39 is 30.5 Å². The van der Waals surface area contributed by atoms with Crippen LogP contribution in [0.3, 0.4) is 0 Å². The van der Waals surface area contributed by atoms with Crippen LogP contribution in [0.15, 0.2) is 18.2 Å². The van der Waals surface area contributed by atoms with Crippen molar-refractivity contribution >= 4 is 17.7 Å². The normalized spacial score (nSPS) is 21.1. The van der Waals surface area contributed by atoms with Gasteiger partial charge in [-0.3, -0.25) is 9.69 Å². The molecule has 3 aliphatic heterocycles. The Labute approximate surface area is 222 Å². The van der Waals surface area contributed by atoms with Crippen molar-refractivity contribution in [2.75, 3.05) is 37.6 Å². The molecule has 39 heavy (non-hydrogen) atoms. The summed E-state index contributed by atoms with van der Waals surface area (Å²) < 4.78 is 80.8. The third-order valence-electron chi connectivity index (χ3n) is 8.21. The molecule has 0 radical (unpaired) electrons. The first-order chi connectivity index (χ1) is 18.2. The maximum atomic E-state index is 12.8. The van der Waals surface area contributed by atoms with Crippen LogP contribution in [0.5, 0.6) is 0 Å². The van der Waals surface area contributed by atoms with Crippen molar-refractivity contribution in [2.45, 2.75) is 76.0 Å². The summed E-state index contributed by atoms with van der Waals surface area (Å²) >= 11 is 0. The number of alkyl halides is 6. The number of ether oxygens (including phenoxy) is 1. The highest BCUT2D eigenvalue weighted by atomic mass is 19.4. The van der Waals surface area contributed by atoms with E-state index in [-0.39, 0.29) is 24.5 Å². The van der Waals surface area contributed by atoms with E-state index >= 15 is 0 Å². The second-order valence-electron chi connectivity index (χ2n) is 10.9. The Hall–Kier alpha value is -2.70. The summed E-state index contributed by atoms with van der Waals surface area (Å²) in [7, 11) is 0. The van der Waals surface area contributed by atoms with E-state index in [0.29, 0.717) is 45.3 Å². The van der Waals surface area contributed by atoms with Gasteiger partial charge >= 0.3 is 24.4 Å². The number of amides is 1. The predicted molar refractivity (Wildman–Crippen MR) is 129 cm³/mol. The highest BCUT2D eigenvalue weighted by Crippen LogP contribution is 2.41. The number of anilines is 1. The van der Waals surface area contributed by atoms with Crippen molar-refractivity contribution < 1.29 is 45.8 Å². The van der Waals surface area contributed by atoms with Crippen LogP contribution in [0.2, 0.25) is 0 Å². The fraction of sp³-hybridized carbons (Fsp3) is 0.692. The van der Waals surface area contributed by atoms with Crippen molar-refractivity contribution in [1.29, 1.82) is 0 Å². The molecule has 0 atom stereocenters. The van der Waals surface area contributed by atoms with E-state index in [0.717, 1.165) is 41.1 Å². The SMILES string of the molecule is Cc1cc(CN2CCCC23CCN(C(=O)OC(C(F)(F)F)C(F)(F)F)CC3)cc(N2CCC(C(=O)O)CC2)c1. The van der Waals surface area contributed by atoms with Crippen LogP contribution in [-0.4, -0.2) is 83.7 Å². The summed E-state index contributed by atoms with van der Waals surface area (Å²) in [5.74, 6) is -1.09. The lowest BCUT2D eigenvalue weighted by molar-refractivity contribution is -0.308. The number of carboxylic acid groups (broad SMARTS) is 1. The molecular formula is C26H33F6N3O4. The number of halogens is 6. The first-order valence-corrected chi connectivity index (χ1v) is 13.1. The molecule has 0 unspecified atom stereocenters. The number of carbonyl (C=O) groups is 2. The molecule has 3 fully saturated rings. The van der Waals surface area contributed by atoms with Gasteiger partial charge in [-0.05, 0) is 75.3 Å². The maximum absolute atomic E-state index is 12.8. The minimum absolute atomic E-state index is 0.00928. The molecule has 0 bridgehead atoms. The number of hydrogen-bond acceptors (Lipinski definition) is 5. The lowest BCUT2D eigenvalue weighted by atomic mass is 9.84. The van der Waals surface area contributed by atoms with Gasteiger partial charge in [0.2, 0.25) is 0 Å². The molecule has 13 heteroatoms. The number of aryl methyl sites for hydroxylation is 1. The second-order valence-corrected chi connectivity index (χ2v) is 10.9. The molecule has 4 rings (SSSR count). The van der Waals surface area contributed by atoms with Crippen molar-refractivity contribution in [3.8, 4) is 0 Å². The number of hydrogen-bond donors (Lipinski definition) is 1. The number of benzene rings is 1. The highest BCUT2D eigenvalue weighted by molar-refractivity contribution is 5.70. The third-order valence-corrected chi connectivity index (χ3v) is 8.21. The molecule has 0 aromatic heterocycles. The molecule has 7 nitrogen and oxygen atoms in total. The molecule has 3 saturated heterocycles. The number of piperidine rings is 2. The van der Waals surface area contributed by atoms with Crippen molar-refractivity contribution in [3.63, 3.8) is 0 Å². The van der Waals surface area contributed by atoms with Gasteiger partial charge in [-0.1, -0.05) is 6.07 Å². The van der Waals surface area contributed by atoms with E-state index in [9.17, 15) is 41.0 Å². The number of carboxylic acids is 1. The van der Waals surface area contributed by atoms with E-state index in [4.69, 9.17) is 0 Å². The van der Waals surface area contributed by atoms with Gasteiger partial charge in [0.25, 0.3) is 6.10 Å². The van der Waals surface area contributed by atoms with Crippen LogP contribution in [-0.2, 0) is 16.1 Å². The molecule has 1 amide bonds. The number of aliphatic carboxylic acids is 1. The van der Waals surface area contributed by atoms with Gasteiger partial charge in [0.1, 0.15) is 0 Å². The molecule has 1 aromatic carbocycles. The summed E-state index contributed by atoms with van der Waals surface area (Å²) in [4.78, 5) is 28.9. The van der Waals surface area contributed by atoms with Crippen LogP contribution >= 0.6 is 0 Å². The number of nitrogens with zero attached hydrogens (tertiary/aromatic N) is 3. The zero-order valence-corrected chi connectivity index (χ0v) is 21.7. The molecule has 218 valence electrons. The van der Waals surface area contributed by atoms with Crippen LogP contribution in [0.4, 0.5) is 36.8 Å². The zero-order valence-electron chi connectivity index (χ0n) is 21.7. The largest absolute Gasteiger partial charge is 0.481 e. The number of likely N-dealkylation sites (tertiary alicyclic amines) is 2. The Morgan fingerprint density at radius 3 is 2.15 bits per heavy atom. The summed E-state index contributed by atoms with van der Waals surface area (Å²) in [6.45, 7) is 4.74. The number of rotatable bonds is 5. The number of carbonyl (C=O) groups excluding carboxylic acids is 1. The molecule has 1 N–H and O–H groups in total. The molecule has 3 heterocycles. The van der Waals surface area contributed by atoms with Crippen molar-refractivity contribution in [3.05, 3.63) is 29.3 Å². The van der Waals surface area contributed by atoms with Gasteiger partial charge in [-0.15, -0.1) is 0 Å². The maximum Gasteiger partial charge on any atom is 0.434 e. The second kappa shape index (κ2) is 11.1. The van der Waals surface area contributed by atoms with Crippen LogP contribution < -0.4 is 4.90 Å². The van der Waals surface area contributed by atoms with Gasteiger partial charge in [0, 0.05) is 44.0 Å². The smallest absolute Gasteiger partial charge is 0.434 e. The summed E-state index contributed by atoms with van der Waals surface area (Å²) in [5.41, 5.74) is 2.88. The van der Waals surface area contributed by atoms with Crippen molar-refractivity contribution in [2.24, 2.45) is 5.92 Å². The fourth-order valence-corrected chi connectivity index (χ4v) is 6.13. The monoisotopic (exact) mass is 565 g/mol. The standard InChI is InChI=1S/C26H33F6N3O4/c1-17-13-18(15-20(14-17)33-9-3-19(4-10-33)21(36)37)16-35-8-2-5-24(35)6-11-34(12-7-24)23(38)39-22(25(27,28)29)26(30,31)32/h13-15,19,22H,2-12,16H2,1H3,(H,36,37). The topological polar surface area (TPSA) is 73.3 Å². The minimum Gasteiger partial charge on any atom is -0.481 e.